The summed E-state index contributed by atoms with van der Waals surface area (Å²) in [6.45, 7) is 5.20. The van der Waals surface area contributed by atoms with Crippen LogP contribution in [-0.4, -0.2) is 30.5 Å². The lowest BCUT2D eigenvalue weighted by Crippen LogP contribution is -2.23. The van der Waals surface area contributed by atoms with Gasteiger partial charge in [-0.25, -0.2) is 0 Å². The molecule has 3 nitrogen and oxygen atoms in total. The topological polar surface area (TPSA) is 38.3 Å². The zero-order chi connectivity index (χ0) is 9.40. The maximum atomic E-state index is 10.5. The summed E-state index contributed by atoms with van der Waals surface area (Å²) in [5.74, 6) is 0.161. The third kappa shape index (κ3) is 9.52. The summed E-state index contributed by atoms with van der Waals surface area (Å²) < 4.78 is 5.15. The molecular formula is C8H15NO2S. The highest BCUT2D eigenvalue weighted by Crippen LogP contribution is 1.83. The molecule has 0 aliphatic rings. The van der Waals surface area contributed by atoms with Crippen LogP contribution in [0.15, 0.2) is 0 Å². The van der Waals surface area contributed by atoms with Gasteiger partial charge in [0.2, 0.25) is 0 Å². The molecule has 0 saturated heterocycles. The zero-order valence-corrected chi connectivity index (χ0v) is 8.37. The highest BCUT2D eigenvalue weighted by atomic mass is 32.1. The summed E-state index contributed by atoms with van der Waals surface area (Å²) in [6.07, 6.45) is 0.497. The van der Waals surface area contributed by atoms with Crippen LogP contribution in [-0.2, 0) is 9.53 Å². The predicted octanol–water partition coefficient (Wildman–Crippen LogP) is 0.919. The van der Waals surface area contributed by atoms with Crippen molar-refractivity contribution in [2.75, 3.05) is 19.8 Å². The van der Waals surface area contributed by atoms with Crippen molar-refractivity contribution in [3.63, 3.8) is 0 Å². The Morgan fingerprint density at radius 2 is 2.08 bits per heavy atom. The van der Waals surface area contributed by atoms with Gasteiger partial charge in [0.15, 0.2) is 0 Å². The Hall–Kier alpha value is -0.480. The number of ether oxygens (including phenoxy) is 1. The molecule has 0 atom stereocenters. The Labute approximate surface area is 78.5 Å². The minimum atomic E-state index is 0.161. The second-order valence-electron chi connectivity index (χ2n) is 2.55. The Morgan fingerprint density at radius 3 is 2.58 bits per heavy atom. The van der Waals surface area contributed by atoms with E-state index in [4.69, 9.17) is 17.0 Å². The molecule has 0 fully saturated rings. The number of hydrogen-bond donors (Lipinski definition) is 1. The molecule has 0 aromatic rings. The second-order valence-corrected chi connectivity index (χ2v) is 3.16. The average Bonchev–Trinajstić information content (AvgIpc) is 1.95. The lowest BCUT2D eigenvalue weighted by molar-refractivity contribution is -0.118. The Kier molecular flexibility index (Phi) is 6.90. The van der Waals surface area contributed by atoms with Crippen LogP contribution >= 0.6 is 12.2 Å². The van der Waals surface area contributed by atoms with Gasteiger partial charge in [0.1, 0.15) is 5.78 Å². The van der Waals surface area contributed by atoms with E-state index in [1.807, 2.05) is 6.92 Å². The fourth-order valence-electron chi connectivity index (χ4n) is 0.617. The number of rotatable bonds is 6. The first-order valence-electron chi connectivity index (χ1n) is 3.94. The van der Waals surface area contributed by atoms with Crippen LogP contribution < -0.4 is 5.32 Å². The molecule has 0 heterocycles. The van der Waals surface area contributed by atoms with E-state index >= 15 is 0 Å². The smallest absolute Gasteiger partial charge is 0.132 e. The second kappa shape index (κ2) is 7.18. The minimum Gasteiger partial charge on any atom is -0.379 e. The molecule has 0 rings (SSSR count). The Bertz CT molecular complexity index is 141. The quantitative estimate of drug-likeness (QED) is 0.498. The SMILES string of the molecule is CC(=O)CCOCCNC(C)=S. The van der Waals surface area contributed by atoms with Gasteiger partial charge < -0.3 is 10.1 Å². The molecular weight excluding hydrogens is 174 g/mol. The van der Waals surface area contributed by atoms with Crippen LogP contribution in [0.2, 0.25) is 0 Å². The normalized spacial score (nSPS) is 9.50. The number of thiocarbonyl (C=S) groups is 1. The highest BCUT2D eigenvalue weighted by molar-refractivity contribution is 7.80. The van der Waals surface area contributed by atoms with Crippen LogP contribution in [0.3, 0.4) is 0 Å². The molecule has 0 radical (unpaired) electrons. The van der Waals surface area contributed by atoms with Crippen molar-refractivity contribution < 1.29 is 9.53 Å². The van der Waals surface area contributed by atoms with E-state index in [1.54, 1.807) is 6.92 Å². The van der Waals surface area contributed by atoms with E-state index in [9.17, 15) is 4.79 Å². The van der Waals surface area contributed by atoms with Gasteiger partial charge in [-0.1, -0.05) is 12.2 Å². The molecule has 0 unspecified atom stereocenters. The van der Waals surface area contributed by atoms with Crippen molar-refractivity contribution in [2.24, 2.45) is 0 Å². The third-order valence-electron chi connectivity index (χ3n) is 1.22. The maximum Gasteiger partial charge on any atom is 0.132 e. The Morgan fingerprint density at radius 1 is 1.42 bits per heavy atom. The van der Waals surface area contributed by atoms with Crippen LogP contribution in [0.25, 0.3) is 0 Å². The number of carbonyl (C=O) groups is 1. The fourth-order valence-corrected chi connectivity index (χ4v) is 0.719. The number of carbonyl (C=O) groups excluding carboxylic acids is 1. The molecule has 0 saturated carbocycles. The minimum absolute atomic E-state index is 0.161. The number of hydrogen-bond acceptors (Lipinski definition) is 3. The van der Waals surface area contributed by atoms with Crippen molar-refractivity contribution in [1.29, 1.82) is 0 Å². The summed E-state index contributed by atoms with van der Waals surface area (Å²) >= 11 is 4.79. The first-order chi connectivity index (χ1) is 5.63. The van der Waals surface area contributed by atoms with Gasteiger partial charge in [0.25, 0.3) is 0 Å². The van der Waals surface area contributed by atoms with Crippen molar-refractivity contribution in [2.45, 2.75) is 20.3 Å². The van der Waals surface area contributed by atoms with Crippen LogP contribution in [0.4, 0.5) is 0 Å². The summed E-state index contributed by atoms with van der Waals surface area (Å²) in [6, 6.07) is 0. The summed E-state index contributed by atoms with van der Waals surface area (Å²) in [7, 11) is 0. The molecule has 0 bridgehead atoms. The molecule has 0 aliphatic heterocycles. The van der Waals surface area contributed by atoms with Gasteiger partial charge in [-0.15, -0.1) is 0 Å². The fraction of sp³-hybridized carbons (Fsp3) is 0.750. The summed E-state index contributed by atoms with van der Waals surface area (Å²) in [5.41, 5.74) is 0. The van der Waals surface area contributed by atoms with Crippen molar-refractivity contribution in [3.05, 3.63) is 0 Å². The van der Waals surface area contributed by atoms with Gasteiger partial charge in [-0.3, -0.25) is 4.79 Å². The monoisotopic (exact) mass is 189 g/mol. The molecule has 4 heteroatoms. The number of Topliss-reactive ketones (excluding diaryl/α,β-unsaturated/α-hetero) is 1. The van der Waals surface area contributed by atoms with Gasteiger partial charge >= 0.3 is 0 Å². The lowest BCUT2D eigenvalue weighted by Gasteiger charge is -2.04. The average molecular weight is 189 g/mol. The van der Waals surface area contributed by atoms with E-state index in [-0.39, 0.29) is 5.78 Å². The molecule has 12 heavy (non-hydrogen) atoms. The molecule has 0 aliphatic carbocycles. The van der Waals surface area contributed by atoms with Crippen LogP contribution in [0.5, 0.6) is 0 Å². The summed E-state index contributed by atoms with van der Waals surface area (Å²) in [4.78, 5) is 11.2. The number of ketones is 1. The Balaban J connectivity index is 3.01. The van der Waals surface area contributed by atoms with Crippen LogP contribution in [0.1, 0.15) is 20.3 Å². The van der Waals surface area contributed by atoms with E-state index in [1.165, 1.54) is 0 Å². The summed E-state index contributed by atoms with van der Waals surface area (Å²) in [5, 5.41) is 2.96. The predicted molar refractivity (Wildman–Crippen MR) is 52.4 cm³/mol. The van der Waals surface area contributed by atoms with Crippen molar-refractivity contribution in [1.82, 2.24) is 5.32 Å². The lowest BCUT2D eigenvalue weighted by atomic mass is 10.3. The standard InChI is InChI=1S/C8H15NO2S/c1-7(10)3-5-11-6-4-9-8(2)12/h3-6H2,1-2H3,(H,9,12). The van der Waals surface area contributed by atoms with Crippen LogP contribution in [0, 0.1) is 0 Å². The molecule has 1 N–H and O–H groups in total. The van der Waals surface area contributed by atoms with Gasteiger partial charge in [0.05, 0.1) is 18.2 Å². The molecule has 0 amide bonds. The van der Waals surface area contributed by atoms with E-state index < -0.39 is 0 Å². The van der Waals surface area contributed by atoms with E-state index in [0.29, 0.717) is 26.2 Å². The largest absolute Gasteiger partial charge is 0.379 e. The van der Waals surface area contributed by atoms with E-state index in [2.05, 4.69) is 5.32 Å². The van der Waals surface area contributed by atoms with Gasteiger partial charge in [0, 0.05) is 13.0 Å². The van der Waals surface area contributed by atoms with Crippen molar-refractivity contribution in [3.8, 4) is 0 Å². The molecule has 0 aromatic carbocycles. The molecule has 0 spiro atoms. The van der Waals surface area contributed by atoms with Gasteiger partial charge in [-0.05, 0) is 13.8 Å². The third-order valence-corrected chi connectivity index (χ3v) is 1.36. The number of nitrogens with one attached hydrogen (secondary N) is 1. The molecule has 70 valence electrons. The van der Waals surface area contributed by atoms with Crippen molar-refractivity contribution >= 4 is 23.0 Å². The maximum absolute atomic E-state index is 10.5. The molecule has 0 aromatic heterocycles. The first-order valence-corrected chi connectivity index (χ1v) is 4.35. The van der Waals surface area contributed by atoms with E-state index in [0.717, 1.165) is 4.99 Å². The van der Waals surface area contributed by atoms with Gasteiger partial charge in [-0.2, -0.15) is 0 Å². The first kappa shape index (κ1) is 11.5. The highest BCUT2D eigenvalue weighted by Gasteiger charge is 1.92. The zero-order valence-electron chi connectivity index (χ0n) is 7.55.